The Balaban J connectivity index is 1.77. The van der Waals surface area contributed by atoms with Crippen molar-refractivity contribution in [3.8, 4) is 0 Å². The molecule has 0 aliphatic carbocycles. The predicted molar refractivity (Wildman–Crippen MR) is 122 cm³/mol. The van der Waals surface area contributed by atoms with Gasteiger partial charge >= 0.3 is 0 Å². The Kier molecular flexibility index (Phi) is 7.64. The van der Waals surface area contributed by atoms with Gasteiger partial charge in [-0.05, 0) is 60.6 Å². The number of benzene rings is 1. The van der Waals surface area contributed by atoms with Gasteiger partial charge < -0.3 is 24.8 Å². The van der Waals surface area contributed by atoms with Crippen LogP contribution < -0.4 is 15.8 Å². The Labute approximate surface area is 178 Å². The van der Waals surface area contributed by atoms with Gasteiger partial charge in [0.15, 0.2) is 5.11 Å². The molecule has 158 valence electrons. The second kappa shape index (κ2) is 10.2. The molecule has 0 bridgehead atoms. The summed E-state index contributed by atoms with van der Waals surface area (Å²) in [4.78, 5) is 19.1. The molecule has 7 heteroatoms. The number of hydrogen-bond acceptors (Lipinski definition) is 3. The zero-order valence-corrected chi connectivity index (χ0v) is 18.5. The zero-order chi connectivity index (χ0) is 20.8. The first-order chi connectivity index (χ1) is 14.0. The number of aryl methyl sites for hydroxylation is 1. The molecule has 29 heavy (non-hydrogen) atoms. The minimum Gasteiger partial charge on any atom is -0.376 e. The molecule has 2 heterocycles. The summed E-state index contributed by atoms with van der Waals surface area (Å²) in [6, 6.07) is 8.21. The summed E-state index contributed by atoms with van der Waals surface area (Å²) >= 11 is 5.68. The monoisotopic (exact) mass is 417 g/mol. The molecule has 1 aromatic carbocycles. The molecule has 0 amide bonds. The fourth-order valence-electron chi connectivity index (χ4n) is 3.57. The predicted octanol–water partition coefficient (Wildman–Crippen LogP) is 1.09. The van der Waals surface area contributed by atoms with Crippen molar-refractivity contribution in [1.82, 2.24) is 15.2 Å². The Morgan fingerprint density at radius 2 is 2.21 bits per heavy atom. The first-order valence-corrected chi connectivity index (χ1v) is 11.0. The number of ether oxygens (including phenoxy) is 1. The Morgan fingerprint density at radius 3 is 2.90 bits per heavy atom. The van der Waals surface area contributed by atoms with Crippen LogP contribution >= 0.6 is 12.2 Å². The highest BCUT2D eigenvalue weighted by Gasteiger charge is 2.18. The maximum Gasteiger partial charge on any atom is 0.253 e. The SMILES string of the molecule is CCc1ccc2[nH]c(=O)c(CN(CC[NH+](C)C)C(=S)NC[C@@H]3CCCO3)cc2c1. The summed E-state index contributed by atoms with van der Waals surface area (Å²) in [5, 5.41) is 5.10. The topological polar surface area (TPSA) is 61.8 Å². The van der Waals surface area contributed by atoms with Gasteiger partial charge in [0.2, 0.25) is 0 Å². The van der Waals surface area contributed by atoms with E-state index in [1.165, 1.54) is 10.5 Å². The average Bonchev–Trinajstić information content (AvgIpc) is 3.22. The number of hydrogen-bond donors (Lipinski definition) is 3. The molecule has 1 aliphatic heterocycles. The third kappa shape index (κ3) is 6.01. The number of H-pyrrole nitrogens is 1. The molecule has 1 saturated heterocycles. The van der Waals surface area contributed by atoms with Crippen molar-refractivity contribution in [2.24, 2.45) is 0 Å². The number of quaternary nitrogens is 1. The lowest BCUT2D eigenvalue weighted by molar-refractivity contribution is -0.857. The maximum atomic E-state index is 12.7. The fourth-order valence-corrected chi connectivity index (χ4v) is 3.81. The fraction of sp³-hybridized carbons (Fsp3) is 0.545. The van der Waals surface area contributed by atoms with Gasteiger partial charge in [-0.15, -0.1) is 0 Å². The van der Waals surface area contributed by atoms with Crippen LogP contribution in [0.3, 0.4) is 0 Å². The summed E-state index contributed by atoms with van der Waals surface area (Å²) in [7, 11) is 4.24. The minimum atomic E-state index is -0.0501. The van der Waals surface area contributed by atoms with Gasteiger partial charge in [-0.2, -0.15) is 0 Å². The van der Waals surface area contributed by atoms with Crippen molar-refractivity contribution in [3.63, 3.8) is 0 Å². The largest absolute Gasteiger partial charge is 0.376 e. The van der Waals surface area contributed by atoms with E-state index >= 15 is 0 Å². The van der Waals surface area contributed by atoms with Crippen LogP contribution in [0.25, 0.3) is 10.9 Å². The first kappa shape index (κ1) is 21.7. The number of nitrogens with one attached hydrogen (secondary N) is 3. The van der Waals surface area contributed by atoms with Crippen LogP contribution in [0, 0.1) is 0 Å². The number of fused-ring (bicyclic) bond motifs is 1. The molecule has 0 spiro atoms. The lowest BCUT2D eigenvalue weighted by Crippen LogP contribution is -3.06. The van der Waals surface area contributed by atoms with Crippen molar-refractivity contribution in [1.29, 1.82) is 0 Å². The summed E-state index contributed by atoms with van der Waals surface area (Å²) in [5.74, 6) is 0. The van der Waals surface area contributed by atoms with Crippen LogP contribution in [-0.4, -0.2) is 61.4 Å². The number of likely N-dealkylation sites (N-methyl/N-ethyl adjacent to an activating group) is 1. The highest BCUT2D eigenvalue weighted by Crippen LogP contribution is 2.15. The summed E-state index contributed by atoms with van der Waals surface area (Å²) in [6.45, 7) is 5.90. The number of thiocarbonyl (C=S) groups is 1. The minimum absolute atomic E-state index is 0.0501. The summed E-state index contributed by atoms with van der Waals surface area (Å²) < 4.78 is 5.69. The van der Waals surface area contributed by atoms with E-state index in [1.807, 2.05) is 12.1 Å². The van der Waals surface area contributed by atoms with Crippen LogP contribution in [0.5, 0.6) is 0 Å². The third-order valence-electron chi connectivity index (χ3n) is 5.43. The van der Waals surface area contributed by atoms with Crippen molar-refractivity contribution < 1.29 is 9.64 Å². The van der Waals surface area contributed by atoms with Crippen LogP contribution in [0.15, 0.2) is 29.1 Å². The van der Waals surface area contributed by atoms with E-state index in [4.69, 9.17) is 17.0 Å². The zero-order valence-electron chi connectivity index (χ0n) is 17.7. The first-order valence-electron chi connectivity index (χ1n) is 10.5. The van der Waals surface area contributed by atoms with Gasteiger partial charge in [0.25, 0.3) is 5.56 Å². The smallest absolute Gasteiger partial charge is 0.253 e. The summed E-state index contributed by atoms with van der Waals surface area (Å²) in [5.41, 5.74) is 2.82. The van der Waals surface area contributed by atoms with E-state index < -0.39 is 0 Å². The lowest BCUT2D eigenvalue weighted by atomic mass is 10.1. The molecule has 3 N–H and O–H groups in total. The Hall–Kier alpha value is -1.96. The van der Waals surface area contributed by atoms with Gasteiger partial charge in [-0.25, -0.2) is 0 Å². The van der Waals surface area contributed by atoms with E-state index in [1.54, 1.807) is 0 Å². The molecule has 0 unspecified atom stereocenters. The van der Waals surface area contributed by atoms with Crippen LogP contribution in [0.2, 0.25) is 0 Å². The number of aromatic amines is 1. The maximum absolute atomic E-state index is 12.7. The molecule has 0 radical (unpaired) electrons. The van der Waals surface area contributed by atoms with Crippen LogP contribution in [0.1, 0.15) is 30.9 Å². The number of rotatable bonds is 8. The van der Waals surface area contributed by atoms with E-state index in [2.05, 4.69) is 48.4 Å². The number of pyridine rings is 1. The standard InChI is InChI=1S/C22H32N4O2S/c1-4-16-7-8-20-17(12-16)13-18(21(27)24-20)15-26(10-9-25(2)3)22(29)23-14-19-6-5-11-28-19/h7-8,12-13,19H,4-6,9-11,14-15H2,1-3H3,(H,23,29)(H,24,27)/p+1/t19-/m0/s1. The normalized spacial score (nSPS) is 16.5. The molecule has 1 atom stereocenters. The molecular formula is C22H33N4O2S+. The molecular weight excluding hydrogens is 384 g/mol. The van der Waals surface area contributed by atoms with Crippen LogP contribution in [-0.2, 0) is 17.7 Å². The van der Waals surface area contributed by atoms with Gasteiger partial charge in [0, 0.05) is 24.2 Å². The van der Waals surface area contributed by atoms with Crippen molar-refractivity contribution in [3.05, 3.63) is 45.7 Å². The van der Waals surface area contributed by atoms with Crippen molar-refractivity contribution in [2.45, 2.75) is 38.8 Å². The van der Waals surface area contributed by atoms with Gasteiger partial charge in [0.1, 0.15) is 0 Å². The highest BCUT2D eigenvalue weighted by atomic mass is 32.1. The molecule has 1 aliphatic rings. The second-order valence-electron chi connectivity index (χ2n) is 8.10. The number of aromatic nitrogens is 1. The molecule has 3 rings (SSSR count). The summed E-state index contributed by atoms with van der Waals surface area (Å²) in [6.07, 6.45) is 3.38. The van der Waals surface area contributed by atoms with E-state index in [-0.39, 0.29) is 11.7 Å². The van der Waals surface area contributed by atoms with E-state index in [0.717, 1.165) is 62.0 Å². The molecule has 6 nitrogen and oxygen atoms in total. The Morgan fingerprint density at radius 1 is 1.38 bits per heavy atom. The van der Waals surface area contributed by atoms with E-state index in [9.17, 15) is 4.79 Å². The molecule has 0 saturated carbocycles. The molecule has 1 fully saturated rings. The van der Waals surface area contributed by atoms with E-state index in [0.29, 0.717) is 11.7 Å². The van der Waals surface area contributed by atoms with Gasteiger partial charge in [-0.1, -0.05) is 13.0 Å². The van der Waals surface area contributed by atoms with Gasteiger partial charge in [0.05, 0.1) is 39.8 Å². The van der Waals surface area contributed by atoms with Crippen molar-refractivity contribution >= 4 is 28.2 Å². The molecule has 2 aromatic rings. The quantitative estimate of drug-likeness (QED) is 0.562. The molecule has 1 aromatic heterocycles. The lowest BCUT2D eigenvalue weighted by Gasteiger charge is -2.27. The second-order valence-corrected chi connectivity index (χ2v) is 8.49. The number of nitrogens with zero attached hydrogens (tertiary/aromatic N) is 1. The van der Waals surface area contributed by atoms with Gasteiger partial charge in [-0.3, -0.25) is 4.79 Å². The third-order valence-corrected chi connectivity index (χ3v) is 5.83. The average molecular weight is 418 g/mol. The van der Waals surface area contributed by atoms with Crippen molar-refractivity contribution in [2.75, 3.05) is 40.3 Å². The van der Waals surface area contributed by atoms with Crippen LogP contribution in [0.4, 0.5) is 0 Å². The highest BCUT2D eigenvalue weighted by molar-refractivity contribution is 7.80. The Bertz CT molecular complexity index is 890.